The van der Waals surface area contributed by atoms with Crippen LogP contribution in [0.4, 0.5) is 0 Å². The maximum atomic E-state index is 12.8. The molecule has 124 valence electrons. The second kappa shape index (κ2) is 6.25. The molecule has 6 nitrogen and oxygen atoms in total. The molecule has 1 fully saturated rings. The molecule has 0 saturated carbocycles. The second-order valence-electron chi connectivity index (χ2n) is 5.98. The van der Waals surface area contributed by atoms with Crippen molar-refractivity contribution in [2.45, 2.75) is 32.2 Å². The summed E-state index contributed by atoms with van der Waals surface area (Å²) < 4.78 is 2.59. The number of halogens is 1. The third-order valence-electron chi connectivity index (χ3n) is 4.34. The van der Waals surface area contributed by atoms with Gasteiger partial charge in [-0.25, -0.2) is 0 Å². The van der Waals surface area contributed by atoms with Crippen LogP contribution in [0.3, 0.4) is 0 Å². The monoisotopic (exact) mass is 405 g/mol. The predicted octanol–water partition coefficient (Wildman–Crippen LogP) is 3.63. The number of piperidine rings is 1. The molecule has 0 spiro atoms. The van der Waals surface area contributed by atoms with E-state index < -0.39 is 0 Å². The van der Waals surface area contributed by atoms with Gasteiger partial charge in [-0.2, -0.15) is 9.61 Å². The molecule has 24 heavy (non-hydrogen) atoms. The van der Waals surface area contributed by atoms with Crippen LogP contribution in [-0.2, 0) is 0 Å². The van der Waals surface area contributed by atoms with E-state index in [1.165, 1.54) is 17.8 Å². The van der Waals surface area contributed by atoms with Crippen LogP contribution in [-0.4, -0.2) is 43.2 Å². The second-order valence-corrected chi connectivity index (χ2v) is 7.85. The van der Waals surface area contributed by atoms with Crippen molar-refractivity contribution in [1.82, 2.24) is 24.7 Å². The standard InChI is InChI=1S/C16H16BrN5OS/c1-10-4-2-3-9-21(10)15(23)13-18-19-16-22(13)20-14(24-16)11-5-7-12(17)8-6-11/h5-8,10H,2-4,9H2,1H3. The van der Waals surface area contributed by atoms with Crippen molar-refractivity contribution in [2.75, 3.05) is 6.54 Å². The van der Waals surface area contributed by atoms with Gasteiger partial charge in [0.15, 0.2) is 0 Å². The first kappa shape index (κ1) is 15.7. The van der Waals surface area contributed by atoms with Crippen molar-refractivity contribution < 1.29 is 4.79 Å². The molecule has 1 aliphatic heterocycles. The Morgan fingerprint density at radius 2 is 2.04 bits per heavy atom. The number of fused-ring (bicyclic) bond motifs is 1. The Labute approximate surface area is 151 Å². The van der Waals surface area contributed by atoms with Crippen LogP contribution in [0.25, 0.3) is 15.5 Å². The number of amides is 1. The van der Waals surface area contributed by atoms with Crippen molar-refractivity contribution in [3.05, 3.63) is 34.6 Å². The Bertz CT molecular complexity index is 888. The van der Waals surface area contributed by atoms with Gasteiger partial charge in [0.25, 0.3) is 5.91 Å². The highest BCUT2D eigenvalue weighted by Gasteiger charge is 2.28. The number of rotatable bonds is 2. The van der Waals surface area contributed by atoms with Crippen LogP contribution in [0, 0.1) is 0 Å². The number of nitrogens with zero attached hydrogens (tertiary/aromatic N) is 5. The molecule has 2 aromatic heterocycles. The van der Waals surface area contributed by atoms with Gasteiger partial charge in [0.2, 0.25) is 10.8 Å². The number of aromatic nitrogens is 4. The van der Waals surface area contributed by atoms with E-state index in [0.29, 0.717) is 10.8 Å². The molecule has 3 aromatic rings. The summed E-state index contributed by atoms with van der Waals surface area (Å²) in [6.45, 7) is 2.86. The molecular weight excluding hydrogens is 390 g/mol. The van der Waals surface area contributed by atoms with E-state index in [1.54, 1.807) is 4.52 Å². The molecule has 1 saturated heterocycles. The smallest absolute Gasteiger partial charge is 0.293 e. The zero-order chi connectivity index (χ0) is 16.7. The molecule has 4 rings (SSSR count). The normalized spacial score (nSPS) is 18.2. The lowest BCUT2D eigenvalue weighted by Gasteiger charge is -2.32. The predicted molar refractivity (Wildman–Crippen MR) is 96.1 cm³/mol. The maximum Gasteiger partial charge on any atom is 0.293 e. The fourth-order valence-corrected chi connectivity index (χ4v) is 4.10. The number of hydrogen-bond donors (Lipinski definition) is 0. The lowest BCUT2D eigenvalue weighted by molar-refractivity contribution is 0.0620. The average Bonchev–Trinajstić information content (AvgIpc) is 3.16. The highest BCUT2D eigenvalue weighted by Crippen LogP contribution is 2.27. The van der Waals surface area contributed by atoms with Gasteiger partial charge >= 0.3 is 0 Å². The van der Waals surface area contributed by atoms with Gasteiger partial charge in [-0.3, -0.25) is 4.79 Å². The van der Waals surface area contributed by atoms with E-state index in [1.807, 2.05) is 29.2 Å². The molecule has 1 aliphatic rings. The number of benzene rings is 1. The summed E-state index contributed by atoms with van der Waals surface area (Å²) in [6.07, 6.45) is 3.25. The zero-order valence-corrected chi connectivity index (χ0v) is 15.5. The van der Waals surface area contributed by atoms with E-state index >= 15 is 0 Å². The first-order chi connectivity index (χ1) is 11.6. The van der Waals surface area contributed by atoms with E-state index in [9.17, 15) is 4.79 Å². The summed E-state index contributed by atoms with van der Waals surface area (Å²) >= 11 is 4.86. The average molecular weight is 406 g/mol. The van der Waals surface area contributed by atoms with E-state index in [2.05, 4.69) is 38.1 Å². The van der Waals surface area contributed by atoms with Gasteiger partial charge in [-0.15, -0.1) is 10.2 Å². The highest BCUT2D eigenvalue weighted by molar-refractivity contribution is 9.10. The molecule has 1 unspecified atom stereocenters. The van der Waals surface area contributed by atoms with Crippen molar-refractivity contribution in [3.63, 3.8) is 0 Å². The number of likely N-dealkylation sites (tertiary alicyclic amines) is 1. The van der Waals surface area contributed by atoms with Crippen LogP contribution in [0.15, 0.2) is 28.7 Å². The topological polar surface area (TPSA) is 63.4 Å². The summed E-state index contributed by atoms with van der Waals surface area (Å²) in [5.41, 5.74) is 0.999. The highest BCUT2D eigenvalue weighted by atomic mass is 79.9. The van der Waals surface area contributed by atoms with Crippen LogP contribution in [0.5, 0.6) is 0 Å². The summed E-state index contributed by atoms with van der Waals surface area (Å²) in [4.78, 5) is 15.4. The van der Waals surface area contributed by atoms with Crippen molar-refractivity contribution in [3.8, 4) is 10.6 Å². The summed E-state index contributed by atoms with van der Waals surface area (Å²) in [5.74, 6) is 0.223. The van der Waals surface area contributed by atoms with E-state index in [4.69, 9.17) is 0 Å². The SMILES string of the molecule is CC1CCCCN1C(=O)c1nnc2sc(-c3ccc(Br)cc3)nn12. The van der Waals surface area contributed by atoms with Gasteiger partial charge in [0, 0.05) is 22.6 Å². The van der Waals surface area contributed by atoms with Crippen molar-refractivity contribution in [2.24, 2.45) is 0 Å². The molecule has 1 atom stereocenters. The lowest BCUT2D eigenvalue weighted by Crippen LogP contribution is -2.42. The van der Waals surface area contributed by atoms with Crippen molar-refractivity contribution >= 4 is 38.1 Å². The molecule has 1 aromatic carbocycles. The Kier molecular flexibility index (Phi) is 4.09. The van der Waals surface area contributed by atoms with Gasteiger partial charge in [0.05, 0.1) is 0 Å². The van der Waals surface area contributed by atoms with Gasteiger partial charge < -0.3 is 4.90 Å². The quantitative estimate of drug-likeness (QED) is 0.652. The fourth-order valence-electron chi connectivity index (χ4n) is 2.99. The molecule has 0 N–H and O–H groups in total. The molecule has 0 bridgehead atoms. The van der Waals surface area contributed by atoms with E-state index in [-0.39, 0.29) is 11.9 Å². The van der Waals surface area contributed by atoms with Gasteiger partial charge in [-0.1, -0.05) is 39.4 Å². The van der Waals surface area contributed by atoms with Crippen LogP contribution < -0.4 is 0 Å². The summed E-state index contributed by atoms with van der Waals surface area (Å²) in [7, 11) is 0. The largest absolute Gasteiger partial charge is 0.333 e. The Hall–Kier alpha value is -1.80. The molecule has 3 heterocycles. The van der Waals surface area contributed by atoms with Crippen LogP contribution in [0.2, 0.25) is 0 Å². The number of carbonyl (C=O) groups excluding carboxylic acids is 1. The zero-order valence-electron chi connectivity index (χ0n) is 13.1. The molecule has 0 radical (unpaired) electrons. The molecule has 1 amide bonds. The summed E-state index contributed by atoms with van der Waals surface area (Å²) in [6, 6.07) is 8.16. The molecule has 0 aliphatic carbocycles. The minimum atomic E-state index is -0.0812. The fraction of sp³-hybridized carbons (Fsp3) is 0.375. The summed E-state index contributed by atoms with van der Waals surface area (Å²) in [5, 5.41) is 13.6. The van der Waals surface area contributed by atoms with Crippen LogP contribution in [0.1, 0.15) is 36.8 Å². The Balaban J connectivity index is 1.69. The third kappa shape index (κ3) is 2.73. The molecule has 8 heteroatoms. The number of hydrogen-bond acceptors (Lipinski definition) is 5. The first-order valence-corrected chi connectivity index (χ1v) is 9.53. The van der Waals surface area contributed by atoms with Gasteiger partial charge in [0.1, 0.15) is 5.01 Å². The van der Waals surface area contributed by atoms with Gasteiger partial charge in [-0.05, 0) is 38.3 Å². The van der Waals surface area contributed by atoms with E-state index in [0.717, 1.165) is 34.4 Å². The molecular formula is C16H16BrN5OS. The van der Waals surface area contributed by atoms with Crippen LogP contribution >= 0.6 is 27.3 Å². The van der Waals surface area contributed by atoms with Crippen molar-refractivity contribution in [1.29, 1.82) is 0 Å². The first-order valence-electron chi connectivity index (χ1n) is 7.92. The minimum absolute atomic E-state index is 0.0812. The Morgan fingerprint density at radius 3 is 2.79 bits per heavy atom. The minimum Gasteiger partial charge on any atom is -0.333 e. The maximum absolute atomic E-state index is 12.8. The number of carbonyl (C=O) groups is 1. The third-order valence-corrected chi connectivity index (χ3v) is 5.81. The lowest BCUT2D eigenvalue weighted by atomic mass is 10.0. The Morgan fingerprint density at radius 1 is 1.25 bits per heavy atom.